The SMILES string of the molecule is O=C(c1ccc2c(c1)OCO2)N1CCN(C(=O)C2(c3ccccc3)CC2)CC1. The maximum Gasteiger partial charge on any atom is 0.254 e. The van der Waals surface area contributed by atoms with Crippen molar-refractivity contribution in [2.24, 2.45) is 0 Å². The molecule has 0 radical (unpaired) electrons. The molecule has 2 amide bonds. The standard InChI is InChI=1S/C22H22N2O4/c25-20(16-6-7-18-19(14-16)28-15-27-18)23-10-12-24(13-11-23)21(26)22(8-9-22)17-4-2-1-3-5-17/h1-7,14H,8-13,15H2. The quantitative estimate of drug-likeness (QED) is 0.823. The van der Waals surface area contributed by atoms with Crippen LogP contribution < -0.4 is 9.47 Å². The summed E-state index contributed by atoms with van der Waals surface area (Å²) in [4.78, 5) is 29.7. The van der Waals surface area contributed by atoms with Crippen LogP contribution in [0.4, 0.5) is 0 Å². The van der Waals surface area contributed by atoms with E-state index in [-0.39, 0.29) is 24.0 Å². The van der Waals surface area contributed by atoms with Gasteiger partial charge in [-0.15, -0.1) is 0 Å². The molecule has 6 heteroatoms. The highest BCUT2D eigenvalue weighted by atomic mass is 16.7. The fourth-order valence-electron chi connectivity index (χ4n) is 4.14. The molecule has 1 saturated heterocycles. The third-order valence-electron chi connectivity index (χ3n) is 5.96. The second-order valence-electron chi connectivity index (χ2n) is 7.60. The lowest BCUT2D eigenvalue weighted by Gasteiger charge is -2.36. The maximum atomic E-state index is 13.1. The van der Waals surface area contributed by atoms with Crippen LogP contribution in [0, 0.1) is 0 Å². The van der Waals surface area contributed by atoms with Gasteiger partial charge in [0.05, 0.1) is 5.41 Å². The number of hydrogen-bond donors (Lipinski definition) is 0. The molecule has 144 valence electrons. The number of carbonyl (C=O) groups excluding carboxylic acids is 2. The monoisotopic (exact) mass is 378 g/mol. The zero-order valence-corrected chi connectivity index (χ0v) is 15.6. The molecular formula is C22H22N2O4. The van der Waals surface area contributed by atoms with Crippen molar-refractivity contribution in [1.82, 2.24) is 9.80 Å². The first-order valence-corrected chi connectivity index (χ1v) is 9.71. The maximum absolute atomic E-state index is 13.1. The summed E-state index contributed by atoms with van der Waals surface area (Å²) in [6, 6.07) is 15.3. The van der Waals surface area contributed by atoms with Crippen molar-refractivity contribution >= 4 is 11.8 Å². The first-order valence-electron chi connectivity index (χ1n) is 9.71. The Bertz CT molecular complexity index is 915. The largest absolute Gasteiger partial charge is 0.454 e. The van der Waals surface area contributed by atoms with Gasteiger partial charge in [-0.1, -0.05) is 30.3 Å². The molecule has 3 aliphatic rings. The molecule has 1 aliphatic carbocycles. The number of benzene rings is 2. The minimum Gasteiger partial charge on any atom is -0.454 e. The zero-order valence-electron chi connectivity index (χ0n) is 15.6. The van der Waals surface area contributed by atoms with Gasteiger partial charge >= 0.3 is 0 Å². The topological polar surface area (TPSA) is 59.1 Å². The number of amides is 2. The van der Waals surface area contributed by atoms with Crippen LogP contribution in [0.2, 0.25) is 0 Å². The molecule has 2 fully saturated rings. The molecule has 28 heavy (non-hydrogen) atoms. The number of ether oxygens (including phenoxy) is 2. The van der Waals surface area contributed by atoms with E-state index < -0.39 is 0 Å². The van der Waals surface area contributed by atoms with E-state index in [1.165, 1.54) is 0 Å². The molecular weight excluding hydrogens is 356 g/mol. The van der Waals surface area contributed by atoms with Crippen LogP contribution in [0.25, 0.3) is 0 Å². The smallest absolute Gasteiger partial charge is 0.254 e. The number of fused-ring (bicyclic) bond motifs is 1. The summed E-state index contributed by atoms with van der Waals surface area (Å²) in [5.41, 5.74) is 1.36. The Balaban J connectivity index is 1.24. The van der Waals surface area contributed by atoms with Crippen molar-refractivity contribution in [3.8, 4) is 11.5 Å². The second-order valence-corrected chi connectivity index (χ2v) is 7.60. The van der Waals surface area contributed by atoms with Crippen LogP contribution in [0.1, 0.15) is 28.8 Å². The normalized spacial score (nSPS) is 19.4. The lowest BCUT2D eigenvalue weighted by molar-refractivity contribution is -0.135. The minimum atomic E-state index is -0.342. The molecule has 0 aromatic heterocycles. The summed E-state index contributed by atoms with van der Waals surface area (Å²) in [5.74, 6) is 1.45. The van der Waals surface area contributed by atoms with Gasteiger partial charge in [0.15, 0.2) is 11.5 Å². The summed E-state index contributed by atoms with van der Waals surface area (Å²) < 4.78 is 10.7. The molecule has 0 spiro atoms. The van der Waals surface area contributed by atoms with Crippen LogP contribution in [0.15, 0.2) is 48.5 Å². The van der Waals surface area contributed by atoms with Crippen LogP contribution in [-0.4, -0.2) is 54.6 Å². The fraction of sp³-hybridized carbons (Fsp3) is 0.364. The average Bonchev–Trinajstić information content (AvgIpc) is 3.44. The van der Waals surface area contributed by atoms with Crippen LogP contribution in [0.5, 0.6) is 11.5 Å². The predicted molar refractivity (Wildman–Crippen MR) is 102 cm³/mol. The van der Waals surface area contributed by atoms with Crippen LogP contribution in [-0.2, 0) is 10.2 Å². The van der Waals surface area contributed by atoms with E-state index in [0.29, 0.717) is 43.2 Å². The van der Waals surface area contributed by atoms with E-state index in [9.17, 15) is 9.59 Å². The van der Waals surface area contributed by atoms with E-state index in [2.05, 4.69) is 0 Å². The third kappa shape index (κ3) is 2.80. The molecule has 0 unspecified atom stereocenters. The average molecular weight is 378 g/mol. The van der Waals surface area contributed by atoms with Gasteiger partial charge < -0.3 is 19.3 Å². The van der Waals surface area contributed by atoms with Gasteiger partial charge in [-0.3, -0.25) is 9.59 Å². The van der Waals surface area contributed by atoms with E-state index in [0.717, 1.165) is 18.4 Å². The molecule has 5 rings (SSSR count). The van der Waals surface area contributed by atoms with Crippen molar-refractivity contribution in [2.45, 2.75) is 18.3 Å². The van der Waals surface area contributed by atoms with Crippen molar-refractivity contribution in [3.63, 3.8) is 0 Å². The predicted octanol–water partition coefficient (Wildman–Crippen LogP) is 2.43. The summed E-state index contributed by atoms with van der Waals surface area (Å²) in [6.45, 7) is 2.43. The lowest BCUT2D eigenvalue weighted by Crippen LogP contribution is -2.53. The van der Waals surface area contributed by atoms with Gasteiger partial charge in [0.2, 0.25) is 12.7 Å². The van der Waals surface area contributed by atoms with E-state index in [1.807, 2.05) is 40.1 Å². The van der Waals surface area contributed by atoms with Crippen molar-refractivity contribution in [3.05, 3.63) is 59.7 Å². The molecule has 0 bridgehead atoms. The third-order valence-corrected chi connectivity index (χ3v) is 5.96. The molecule has 6 nitrogen and oxygen atoms in total. The van der Waals surface area contributed by atoms with Gasteiger partial charge in [-0.25, -0.2) is 0 Å². The Morgan fingerprint density at radius 3 is 2.21 bits per heavy atom. The van der Waals surface area contributed by atoms with Gasteiger partial charge in [0, 0.05) is 31.7 Å². The molecule has 2 aromatic rings. The first-order chi connectivity index (χ1) is 13.7. The Kier molecular flexibility index (Phi) is 4.00. The molecule has 0 N–H and O–H groups in total. The molecule has 2 aliphatic heterocycles. The fourth-order valence-corrected chi connectivity index (χ4v) is 4.14. The van der Waals surface area contributed by atoms with Gasteiger partial charge in [-0.05, 0) is 36.6 Å². The lowest BCUT2D eigenvalue weighted by atomic mass is 9.94. The second kappa shape index (κ2) is 6.55. The molecule has 1 saturated carbocycles. The highest BCUT2D eigenvalue weighted by Gasteiger charge is 2.53. The van der Waals surface area contributed by atoms with Crippen molar-refractivity contribution < 1.29 is 19.1 Å². The zero-order chi connectivity index (χ0) is 19.1. The number of carbonyl (C=O) groups is 2. The highest BCUT2D eigenvalue weighted by molar-refractivity contribution is 5.95. The highest BCUT2D eigenvalue weighted by Crippen LogP contribution is 2.49. The summed E-state index contributed by atoms with van der Waals surface area (Å²) in [6.07, 6.45) is 1.82. The number of rotatable bonds is 3. The van der Waals surface area contributed by atoms with E-state index >= 15 is 0 Å². The number of nitrogens with zero attached hydrogens (tertiary/aromatic N) is 2. The van der Waals surface area contributed by atoms with E-state index in [4.69, 9.17) is 9.47 Å². The Morgan fingerprint density at radius 1 is 0.821 bits per heavy atom. The Morgan fingerprint density at radius 2 is 1.50 bits per heavy atom. The van der Waals surface area contributed by atoms with Crippen LogP contribution in [0.3, 0.4) is 0 Å². The summed E-state index contributed by atoms with van der Waals surface area (Å²) in [7, 11) is 0. The molecule has 2 aromatic carbocycles. The van der Waals surface area contributed by atoms with E-state index in [1.54, 1.807) is 18.2 Å². The Labute approximate surface area is 163 Å². The number of piperazine rings is 1. The van der Waals surface area contributed by atoms with Gasteiger partial charge in [-0.2, -0.15) is 0 Å². The van der Waals surface area contributed by atoms with Gasteiger partial charge in [0.25, 0.3) is 5.91 Å². The number of hydrogen-bond acceptors (Lipinski definition) is 4. The van der Waals surface area contributed by atoms with Crippen LogP contribution >= 0.6 is 0 Å². The van der Waals surface area contributed by atoms with Gasteiger partial charge in [0.1, 0.15) is 0 Å². The van der Waals surface area contributed by atoms with Crippen molar-refractivity contribution in [1.29, 1.82) is 0 Å². The van der Waals surface area contributed by atoms with Crippen molar-refractivity contribution in [2.75, 3.05) is 33.0 Å². The summed E-state index contributed by atoms with van der Waals surface area (Å²) >= 11 is 0. The Hall–Kier alpha value is -3.02. The first kappa shape index (κ1) is 17.1. The molecule has 2 heterocycles. The minimum absolute atomic E-state index is 0.0328. The molecule has 0 atom stereocenters. The summed E-state index contributed by atoms with van der Waals surface area (Å²) in [5, 5.41) is 0.